The summed E-state index contributed by atoms with van der Waals surface area (Å²) in [7, 11) is 4.12. The van der Waals surface area contributed by atoms with E-state index in [1.54, 1.807) is 12.4 Å². The molecule has 0 unspecified atom stereocenters. The summed E-state index contributed by atoms with van der Waals surface area (Å²) in [4.78, 5) is 32.0. The second-order valence-corrected chi connectivity index (χ2v) is 11.3. The summed E-state index contributed by atoms with van der Waals surface area (Å²) in [5.74, 6) is 1.72. The zero-order valence-electron chi connectivity index (χ0n) is 24.7. The lowest BCUT2D eigenvalue weighted by atomic mass is 9.96. The van der Waals surface area contributed by atoms with E-state index >= 15 is 0 Å². The van der Waals surface area contributed by atoms with Crippen LogP contribution in [0.1, 0.15) is 32.6 Å². The lowest BCUT2D eigenvalue weighted by Gasteiger charge is -2.32. The number of aryl methyl sites for hydroxylation is 3. The van der Waals surface area contributed by atoms with Crippen molar-refractivity contribution in [3.63, 3.8) is 0 Å². The summed E-state index contributed by atoms with van der Waals surface area (Å²) in [5.41, 5.74) is 7.56. The number of aromatic nitrogens is 4. The summed E-state index contributed by atoms with van der Waals surface area (Å²) in [6.07, 6.45) is 5.70. The zero-order chi connectivity index (χ0) is 29.2. The Morgan fingerprint density at radius 2 is 1.74 bits per heavy atom. The van der Waals surface area contributed by atoms with Crippen LogP contribution in [0.4, 0.5) is 0 Å². The Labute approximate surface area is 246 Å². The van der Waals surface area contributed by atoms with Gasteiger partial charge in [-0.15, -0.1) is 0 Å². The topological polar surface area (TPSA) is 76.4 Å². The molecule has 2 aromatic carbocycles. The Kier molecular flexibility index (Phi) is 7.82. The lowest BCUT2D eigenvalue weighted by Crippen LogP contribution is -2.43. The molecule has 214 valence electrons. The predicted octanol–water partition coefficient (Wildman–Crippen LogP) is 5.61. The molecule has 42 heavy (non-hydrogen) atoms. The second-order valence-electron chi connectivity index (χ2n) is 11.3. The molecule has 0 bridgehead atoms. The van der Waals surface area contributed by atoms with Crippen molar-refractivity contribution >= 4 is 16.8 Å². The average Bonchev–Trinajstić information content (AvgIpc) is 3.38. The van der Waals surface area contributed by atoms with Crippen LogP contribution in [0.25, 0.3) is 22.4 Å². The standard InChI is InChI=1S/C34H36N6O2/c1-23-7-10-29(42-34-32-30(11-13-39(32)4)36-33(37-34)26-6-5-12-35-21-26)19-28(23)20-31(41)25-8-9-27(24(2)18-25)22-40-16-14-38(3)15-17-40/h5-13,18-19,21H,14-17,20,22H2,1-4H3. The number of nitrogens with zero attached hydrogens (tertiary/aromatic N) is 6. The molecule has 8 nitrogen and oxygen atoms in total. The van der Waals surface area contributed by atoms with Crippen LogP contribution in [0.5, 0.6) is 11.6 Å². The minimum Gasteiger partial charge on any atom is -0.437 e. The Morgan fingerprint density at radius 3 is 2.50 bits per heavy atom. The summed E-state index contributed by atoms with van der Waals surface area (Å²) in [6.45, 7) is 9.39. The van der Waals surface area contributed by atoms with E-state index in [4.69, 9.17) is 14.7 Å². The molecule has 8 heteroatoms. The number of ether oxygens (including phenoxy) is 1. The van der Waals surface area contributed by atoms with Gasteiger partial charge in [-0.25, -0.2) is 4.98 Å². The molecular formula is C34H36N6O2. The minimum absolute atomic E-state index is 0.0928. The third kappa shape index (κ3) is 5.95. The number of carbonyl (C=O) groups is 1. The molecule has 0 saturated carbocycles. The SMILES string of the molecule is Cc1ccc(Oc2nc(-c3cccnc3)nc3ccn(C)c23)cc1CC(=O)c1ccc(CN2CCN(C)CC2)c(C)c1. The third-order valence-electron chi connectivity index (χ3n) is 8.15. The van der Waals surface area contributed by atoms with Gasteiger partial charge in [0.25, 0.3) is 0 Å². The molecule has 0 spiro atoms. The monoisotopic (exact) mass is 560 g/mol. The molecule has 5 aromatic rings. The summed E-state index contributed by atoms with van der Waals surface area (Å²) < 4.78 is 8.33. The number of fused-ring (bicyclic) bond motifs is 1. The van der Waals surface area contributed by atoms with E-state index in [1.165, 1.54) is 5.56 Å². The largest absolute Gasteiger partial charge is 0.437 e. The third-order valence-corrected chi connectivity index (χ3v) is 8.15. The van der Waals surface area contributed by atoms with E-state index < -0.39 is 0 Å². The van der Waals surface area contributed by atoms with Crippen molar-refractivity contribution in [3.05, 3.63) is 101 Å². The maximum atomic E-state index is 13.4. The normalized spacial score (nSPS) is 14.4. The number of likely N-dealkylation sites (N-methyl/N-ethyl adjacent to an activating group) is 1. The first-order valence-electron chi connectivity index (χ1n) is 14.4. The van der Waals surface area contributed by atoms with Crippen LogP contribution in [0, 0.1) is 13.8 Å². The van der Waals surface area contributed by atoms with Gasteiger partial charge in [0.1, 0.15) is 11.3 Å². The summed E-state index contributed by atoms with van der Waals surface area (Å²) >= 11 is 0. The highest BCUT2D eigenvalue weighted by Gasteiger charge is 2.18. The fourth-order valence-electron chi connectivity index (χ4n) is 5.43. The number of hydrogen-bond donors (Lipinski definition) is 0. The van der Waals surface area contributed by atoms with Crippen LogP contribution < -0.4 is 4.74 Å². The lowest BCUT2D eigenvalue weighted by molar-refractivity contribution is 0.0992. The molecule has 6 rings (SSSR count). The van der Waals surface area contributed by atoms with Crippen molar-refractivity contribution in [2.24, 2.45) is 7.05 Å². The molecule has 0 amide bonds. The number of pyridine rings is 1. The first-order chi connectivity index (χ1) is 20.3. The average molecular weight is 561 g/mol. The highest BCUT2D eigenvalue weighted by atomic mass is 16.5. The highest BCUT2D eigenvalue weighted by Crippen LogP contribution is 2.31. The Bertz CT molecular complexity index is 1740. The van der Waals surface area contributed by atoms with Crippen molar-refractivity contribution in [2.75, 3.05) is 33.2 Å². The maximum absolute atomic E-state index is 13.4. The molecule has 4 heterocycles. The van der Waals surface area contributed by atoms with Crippen LogP contribution in [-0.2, 0) is 20.0 Å². The molecular weight excluding hydrogens is 524 g/mol. The fraction of sp³-hybridized carbons (Fsp3) is 0.294. The van der Waals surface area contributed by atoms with Gasteiger partial charge in [0.2, 0.25) is 5.88 Å². The molecule has 0 N–H and O–H groups in total. The zero-order valence-corrected chi connectivity index (χ0v) is 24.7. The number of ketones is 1. The van der Waals surface area contributed by atoms with Crippen LogP contribution in [0.3, 0.4) is 0 Å². The van der Waals surface area contributed by atoms with Gasteiger partial charge in [-0.3, -0.25) is 14.7 Å². The van der Waals surface area contributed by atoms with Crippen molar-refractivity contribution < 1.29 is 9.53 Å². The first-order valence-corrected chi connectivity index (χ1v) is 14.4. The molecule has 1 aliphatic rings. The van der Waals surface area contributed by atoms with Gasteiger partial charge in [-0.1, -0.05) is 18.2 Å². The van der Waals surface area contributed by atoms with E-state index in [2.05, 4.69) is 34.8 Å². The second kappa shape index (κ2) is 11.8. The molecule has 0 atom stereocenters. The van der Waals surface area contributed by atoms with Crippen LogP contribution >= 0.6 is 0 Å². The van der Waals surface area contributed by atoms with E-state index in [0.29, 0.717) is 23.9 Å². The van der Waals surface area contributed by atoms with Gasteiger partial charge in [0, 0.05) is 75.9 Å². The van der Waals surface area contributed by atoms with E-state index in [0.717, 1.165) is 71.6 Å². The first kappa shape index (κ1) is 27.8. The van der Waals surface area contributed by atoms with E-state index in [-0.39, 0.29) is 5.78 Å². The van der Waals surface area contributed by atoms with Crippen molar-refractivity contribution in [1.82, 2.24) is 29.3 Å². The highest BCUT2D eigenvalue weighted by molar-refractivity contribution is 5.98. The van der Waals surface area contributed by atoms with Crippen LogP contribution in [0.15, 0.2) is 73.2 Å². The molecule has 1 saturated heterocycles. The predicted molar refractivity (Wildman–Crippen MR) is 165 cm³/mol. The number of piperazine rings is 1. The van der Waals surface area contributed by atoms with E-state index in [1.807, 2.05) is 73.3 Å². The van der Waals surface area contributed by atoms with Gasteiger partial charge < -0.3 is 14.2 Å². The van der Waals surface area contributed by atoms with Crippen molar-refractivity contribution in [1.29, 1.82) is 0 Å². The number of hydrogen-bond acceptors (Lipinski definition) is 7. The molecule has 0 aliphatic carbocycles. The molecule has 0 radical (unpaired) electrons. The summed E-state index contributed by atoms with van der Waals surface area (Å²) in [5, 5.41) is 0. The number of benzene rings is 2. The smallest absolute Gasteiger partial charge is 0.247 e. The Morgan fingerprint density at radius 1 is 0.905 bits per heavy atom. The van der Waals surface area contributed by atoms with Gasteiger partial charge in [0.05, 0.1) is 5.52 Å². The van der Waals surface area contributed by atoms with Gasteiger partial charge >= 0.3 is 0 Å². The maximum Gasteiger partial charge on any atom is 0.247 e. The van der Waals surface area contributed by atoms with Crippen molar-refractivity contribution in [2.45, 2.75) is 26.8 Å². The molecule has 1 fully saturated rings. The van der Waals surface area contributed by atoms with Gasteiger partial charge in [-0.05, 0) is 79.5 Å². The minimum atomic E-state index is 0.0928. The Balaban J connectivity index is 1.21. The summed E-state index contributed by atoms with van der Waals surface area (Å²) in [6, 6.07) is 17.7. The number of rotatable bonds is 8. The van der Waals surface area contributed by atoms with E-state index in [9.17, 15) is 4.79 Å². The van der Waals surface area contributed by atoms with Crippen LogP contribution in [-0.4, -0.2) is 68.3 Å². The van der Waals surface area contributed by atoms with Gasteiger partial charge in [-0.2, -0.15) is 4.98 Å². The molecule has 3 aromatic heterocycles. The fourth-order valence-corrected chi connectivity index (χ4v) is 5.43. The Hall–Kier alpha value is -4.40. The van der Waals surface area contributed by atoms with Crippen molar-refractivity contribution in [3.8, 4) is 23.0 Å². The number of Topliss-reactive ketones (excluding diaryl/α,β-unsaturated/α-hetero) is 1. The van der Waals surface area contributed by atoms with Crippen LogP contribution in [0.2, 0.25) is 0 Å². The quantitative estimate of drug-likeness (QED) is 0.228. The molecule has 1 aliphatic heterocycles. The van der Waals surface area contributed by atoms with Gasteiger partial charge in [0.15, 0.2) is 11.6 Å². The number of carbonyl (C=O) groups excluding carboxylic acids is 1.